The second-order valence-corrected chi connectivity index (χ2v) is 10.4. The first kappa shape index (κ1) is 24.4. The number of halogens is 1. The molecule has 2 fully saturated rings. The van der Waals surface area contributed by atoms with Gasteiger partial charge < -0.3 is 14.4 Å². The SMILES string of the molecule is Cl.c1ccc2c(Oc3ccc(OCCCN4CCCCC4)cc3)c(C3CCCCC3)sc2c1. The van der Waals surface area contributed by atoms with E-state index >= 15 is 0 Å². The first-order valence-corrected chi connectivity index (χ1v) is 13.3. The molecule has 0 radical (unpaired) electrons. The number of piperidine rings is 1. The Labute approximate surface area is 208 Å². The van der Waals surface area contributed by atoms with E-state index in [-0.39, 0.29) is 12.4 Å². The van der Waals surface area contributed by atoms with Crippen LogP contribution in [0.25, 0.3) is 10.1 Å². The van der Waals surface area contributed by atoms with Crippen LogP contribution < -0.4 is 9.47 Å². The number of hydrogen-bond acceptors (Lipinski definition) is 4. The van der Waals surface area contributed by atoms with Gasteiger partial charge in [0.05, 0.1) is 11.5 Å². The van der Waals surface area contributed by atoms with E-state index in [9.17, 15) is 0 Å². The van der Waals surface area contributed by atoms with Crippen molar-refractivity contribution in [1.29, 1.82) is 0 Å². The third-order valence-electron chi connectivity index (χ3n) is 6.93. The van der Waals surface area contributed by atoms with Gasteiger partial charge in [0.1, 0.15) is 17.2 Å². The second-order valence-electron chi connectivity index (χ2n) is 9.30. The van der Waals surface area contributed by atoms with Crippen LogP contribution in [0.15, 0.2) is 48.5 Å². The van der Waals surface area contributed by atoms with Gasteiger partial charge in [0.2, 0.25) is 0 Å². The average Bonchev–Trinajstić information content (AvgIpc) is 3.22. The summed E-state index contributed by atoms with van der Waals surface area (Å²) in [5.41, 5.74) is 0. The van der Waals surface area contributed by atoms with Crippen molar-refractivity contribution in [3.05, 3.63) is 53.4 Å². The van der Waals surface area contributed by atoms with E-state index in [1.807, 2.05) is 23.5 Å². The maximum Gasteiger partial charge on any atom is 0.149 e. The number of thiophene rings is 1. The minimum atomic E-state index is 0. The van der Waals surface area contributed by atoms with Gasteiger partial charge in [0, 0.05) is 16.6 Å². The highest BCUT2D eigenvalue weighted by atomic mass is 35.5. The molecule has 178 valence electrons. The van der Waals surface area contributed by atoms with Crippen molar-refractivity contribution >= 4 is 33.8 Å². The topological polar surface area (TPSA) is 21.7 Å². The molecule has 1 saturated heterocycles. The highest BCUT2D eigenvalue weighted by Crippen LogP contribution is 2.48. The molecule has 1 aliphatic heterocycles. The van der Waals surface area contributed by atoms with Gasteiger partial charge >= 0.3 is 0 Å². The first-order chi connectivity index (χ1) is 15.9. The Morgan fingerprint density at radius 1 is 0.818 bits per heavy atom. The van der Waals surface area contributed by atoms with Crippen LogP contribution in [0.1, 0.15) is 68.6 Å². The van der Waals surface area contributed by atoms with Crippen molar-refractivity contribution in [1.82, 2.24) is 4.90 Å². The zero-order valence-electron chi connectivity index (χ0n) is 19.5. The highest BCUT2D eigenvalue weighted by Gasteiger charge is 2.24. The molecule has 1 aromatic heterocycles. The van der Waals surface area contributed by atoms with Crippen LogP contribution in [0.4, 0.5) is 0 Å². The second kappa shape index (κ2) is 12.1. The quantitative estimate of drug-likeness (QED) is 0.299. The number of hydrogen-bond donors (Lipinski definition) is 0. The molecular formula is C28H36ClNO2S. The maximum atomic E-state index is 6.52. The van der Waals surface area contributed by atoms with Crippen LogP contribution in [0.2, 0.25) is 0 Å². The fraction of sp³-hybridized carbons (Fsp3) is 0.500. The van der Waals surface area contributed by atoms with E-state index in [4.69, 9.17) is 9.47 Å². The summed E-state index contributed by atoms with van der Waals surface area (Å²) in [7, 11) is 0. The highest BCUT2D eigenvalue weighted by molar-refractivity contribution is 7.19. The van der Waals surface area contributed by atoms with Gasteiger partial charge in [0.25, 0.3) is 0 Å². The van der Waals surface area contributed by atoms with E-state index in [0.29, 0.717) is 5.92 Å². The minimum absolute atomic E-state index is 0. The number of nitrogens with zero attached hydrogens (tertiary/aromatic N) is 1. The summed E-state index contributed by atoms with van der Waals surface area (Å²) in [6, 6.07) is 16.9. The van der Waals surface area contributed by atoms with E-state index in [1.165, 1.54) is 79.4 Å². The molecule has 0 spiro atoms. The fourth-order valence-electron chi connectivity index (χ4n) is 5.16. The maximum absolute atomic E-state index is 6.52. The van der Waals surface area contributed by atoms with Crippen molar-refractivity contribution in [3.8, 4) is 17.2 Å². The number of fused-ring (bicyclic) bond motifs is 1. The fourth-order valence-corrected chi connectivity index (χ4v) is 6.46. The molecule has 0 N–H and O–H groups in total. The predicted octanol–water partition coefficient (Wildman–Crippen LogP) is 8.42. The summed E-state index contributed by atoms with van der Waals surface area (Å²) in [5.74, 6) is 3.54. The van der Waals surface area contributed by atoms with Crippen molar-refractivity contribution < 1.29 is 9.47 Å². The van der Waals surface area contributed by atoms with Gasteiger partial charge in [-0.1, -0.05) is 37.8 Å². The number of ether oxygens (including phenoxy) is 2. The Bertz CT molecular complexity index is 991. The van der Waals surface area contributed by atoms with Gasteiger partial charge in [-0.25, -0.2) is 0 Å². The van der Waals surface area contributed by atoms with Crippen molar-refractivity contribution in [2.45, 2.75) is 63.7 Å². The monoisotopic (exact) mass is 485 g/mol. The van der Waals surface area contributed by atoms with Crippen molar-refractivity contribution in [3.63, 3.8) is 0 Å². The Morgan fingerprint density at radius 2 is 1.52 bits per heavy atom. The zero-order valence-corrected chi connectivity index (χ0v) is 21.1. The summed E-state index contributed by atoms with van der Waals surface area (Å²) in [4.78, 5) is 4.00. The van der Waals surface area contributed by atoms with Crippen LogP contribution >= 0.6 is 23.7 Å². The van der Waals surface area contributed by atoms with Crippen LogP contribution in [0.3, 0.4) is 0 Å². The number of benzene rings is 2. The van der Waals surface area contributed by atoms with E-state index < -0.39 is 0 Å². The van der Waals surface area contributed by atoms with Crippen molar-refractivity contribution in [2.75, 3.05) is 26.2 Å². The molecule has 5 heteroatoms. The molecule has 0 atom stereocenters. The van der Waals surface area contributed by atoms with Gasteiger partial charge in [-0.05, 0) is 87.5 Å². The molecule has 0 bridgehead atoms. The smallest absolute Gasteiger partial charge is 0.149 e. The Morgan fingerprint density at radius 3 is 2.30 bits per heavy atom. The molecule has 2 heterocycles. The number of rotatable bonds is 8. The number of likely N-dealkylation sites (tertiary alicyclic amines) is 1. The lowest BCUT2D eigenvalue weighted by molar-refractivity contribution is 0.205. The Balaban J connectivity index is 0.00000259. The molecular weight excluding hydrogens is 450 g/mol. The summed E-state index contributed by atoms with van der Waals surface area (Å²) >= 11 is 1.92. The molecule has 3 nitrogen and oxygen atoms in total. The first-order valence-electron chi connectivity index (χ1n) is 12.5. The lowest BCUT2D eigenvalue weighted by Gasteiger charge is -2.26. The van der Waals surface area contributed by atoms with Crippen LogP contribution in [0, 0.1) is 0 Å². The minimum Gasteiger partial charge on any atom is -0.494 e. The third-order valence-corrected chi connectivity index (χ3v) is 8.25. The van der Waals surface area contributed by atoms with Gasteiger partial charge in [-0.15, -0.1) is 23.7 Å². The largest absolute Gasteiger partial charge is 0.494 e. The summed E-state index contributed by atoms with van der Waals surface area (Å²) < 4.78 is 13.9. The molecule has 33 heavy (non-hydrogen) atoms. The zero-order chi connectivity index (χ0) is 21.6. The summed E-state index contributed by atoms with van der Waals surface area (Å²) in [5, 5.41) is 1.25. The standard InChI is InChI=1S/C28H35NO2S.ClH/c1-3-10-22(11-4-1)28-27(25-12-5-6-13-26(25)32-28)31-24-16-14-23(15-17-24)30-21-9-20-29-18-7-2-8-19-29;/h5-6,12-17,22H,1-4,7-11,18-21H2;1H. The summed E-state index contributed by atoms with van der Waals surface area (Å²) in [6.07, 6.45) is 11.8. The average molecular weight is 486 g/mol. The molecule has 0 amide bonds. The molecule has 2 aromatic carbocycles. The van der Waals surface area contributed by atoms with Crippen LogP contribution in [0.5, 0.6) is 17.2 Å². The van der Waals surface area contributed by atoms with Gasteiger partial charge in [0.15, 0.2) is 0 Å². The van der Waals surface area contributed by atoms with Gasteiger partial charge in [-0.2, -0.15) is 0 Å². The van der Waals surface area contributed by atoms with E-state index in [1.54, 1.807) is 0 Å². The Hall–Kier alpha value is -1.75. The van der Waals surface area contributed by atoms with Gasteiger partial charge in [-0.3, -0.25) is 0 Å². The molecule has 1 aliphatic carbocycles. The lowest BCUT2D eigenvalue weighted by Crippen LogP contribution is -2.31. The van der Waals surface area contributed by atoms with Crippen molar-refractivity contribution in [2.24, 2.45) is 0 Å². The van der Waals surface area contributed by atoms with Crippen LogP contribution in [-0.2, 0) is 0 Å². The van der Waals surface area contributed by atoms with E-state index in [2.05, 4.69) is 41.3 Å². The molecule has 1 saturated carbocycles. The van der Waals surface area contributed by atoms with E-state index in [0.717, 1.165) is 36.8 Å². The molecule has 3 aromatic rings. The lowest BCUT2D eigenvalue weighted by atomic mass is 9.88. The van der Waals surface area contributed by atoms with Crippen LogP contribution in [-0.4, -0.2) is 31.1 Å². The predicted molar refractivity (Wildman–Crippen MR) is 142 cm³/mol. The summed E-state index contributed by atoms with van der Waals surface area (Å²) in [6.45, 7) is 4.44. The molecule has 2 aliphatic rings. The Kier molecular flexibility index (Phi) is 8.94. The third kappa shape index (κ3) is 6.23. The molecule has 5 rings (SSSR count). The molecule has 0 unspecified atom stereocenters. The normalized spacial score (nSPS) is 17.6.